The zero-order valence-electron chi connectivity index (χ0n) is 11.0. The maximum Gasteiger partial charge on any atom is 0.164 e. The molecule has 0 aliphatic heterocycles. The van der Waals surface area contributed by atoms with E-state index in [4.69, 9.17) is 4.74 Å². The van der Waals surface area contributed by atoms with Gasteiger partial charge in [0.2, 0.25) is 0 Å². The lowest BCUT2D eigenvalue weighted by atomic mass is 9.89. The van der Waals surface area contributed by atoms with E-state index in [9.17, 15) is 8.78 Å². The zero-order valence-corrected chi connectivity index (χ0v) is 11.0. The number of rotatable bonds is 3. The summed E-state index contributed by atoms with van der Waals surface area (Å²) in [5.74, 6) is -0.758. The lowest BCUT2D eigenvalue weighted by Gasteiger charge is -2.26. The van der Waals surface area contributed by atoms with Crippen LogP contribution in [0.1, 0.15) is 43.7 Å². The minimum Gasteiger partial charge on any atom is -0.373 e. The molecule has 0 amide bonds. The van der Waals surface area contributed by atoms with Gasteiger partial charge in [-0.1, -0.05) is 19.1 Å². The molecule has 1 aromatic rings. The van der Waals surface area contributed by atoms with Gasteiger partial charge in [0.25, 0.3) is 0 Å². The highest BCUT2D eigenvalue weighted by molar-refractivity contribution is 5.24. The molecule has 1 nitrogen and oxygen atoms in total. The summed E-state index contributed by atoms with van der Waals surface area (Å²) in [6.45, 7) is 3.97. The molecule has 1 aromatic carbocycles. The molecule has 0 saturated heterocycles. The first-order valence-corrected chi connectivity index (χ1v) is 6.63. The van der Waals surface area contributed by atoms with Gasteiger partial charge < -0.3 is 4.74 Å². The molecular weight excluding hydrogens is 234 g/mol. The van der Waals surface area contributed by atoms with E-state index in [1.54, 1.807) is 19.1 Å². The Morgan fingerprint density at radius 1 is 1.11 bits per heavy atom. The molecule has 3 heteroatoms. The Morgan fingerprint density at radius 3 is 2.44 bits per heavy atom. The van der Waals surface area contributed by atoms with Crippen molar-refractivity contribution in [2.45, 2.75) is 52.2 Å². The monoisotopic (exact) mass is 254 g/mol. The molecule has 0 heterocycles. The van der Waals surface area contributed by atoms with E-state index in [1.807, 2.05) is 0 Å². The smallest absolute Gasteiger partial charge is 0.164 e. The van der Waals surface area contributed by atoms with Crippen LogP contribution in [0.5, 0.6) is 0 Å². The minimum atomic E-state index is -0.765. The molecule has 0 bridgehead atoms. The molecule has 0 N–H and O–H groups in total. The molecule has 1 aliphatic carbocycles. The topological polar surface area (TPSA) is 9.23 Å². The quantitative estimate of drug-likeness (QED) is 0.778. The molecular formula is C15H20F2O. The highest BCUT2D eigenvalue weighted by Crippen LogP contribution is 2.26. The summed E-state index contributed by atoms with van der Waals surface area (Å²) in [4.78, 5) is 0. The van der Waals surface area contributed by atoms with Crippen LogP contribution in [0.15, 0.2) is 12.1 Å². The van der Waals surface area contributed by atoms with E-state index < -0.39 is 11.6 Å². The predicted molar refractivity (Wildman–Crippen MR) is 67.3 cm³/mol. The van der Waals surface area contributed by atoms with Crippen molar-refractivity contribution in [2.24, 2.45) is 5.92 Å². The van der Waals surface area contributed by atoms with Crippen LogP contribution in [0.3, 0.4) is 0 Å². The first-order valence-electron chi connectivity index (χ1n) is 6.63. The van der Waals surface area contributed by atoms with Crippen molar-refractivity contribution in [2.75, 3.05) is 0 Å². The summed E-state index contributed by atoms with van der Waals surface area (Å²) in [7, 11) is 0. The molecule has 1 fully saturated rings. The summed E-state index contributed by atoms with van der Waals surface area (Å²) < 4.78 is 32.7. The maximum atomic E-state index is 13.6. The predicted octanol–water partition coefficient (Wildman–Crippen LogP) is 4.37. The number of halogens is 2. The molecule has 1 aliphatic rings. The lowest BCUT2D eigenvalue weighted by molar-refractivity contribution is 0.00737. The highest BCUT2D eigenvalue weighted by atomic mass is 19.2. The molecule has 0 atom stereocenters. The summed E-state index contributed by atoms with van der Waals surface area (Å²) >= 11 is 0. The van der Waals surface area contributed by atoms with E-state index in [0.717, 1.165) is 31.6 Å². The Hall–Kier alpha value is -0.960. The van der Waals surface area contributed by atoms with Crippen LogP contribution >= 0.6 is 0 Å². The fraction of sp³-hybridized carbons (Fsp3) is 0.600. The van der Waals surface area contributed by atoms with Crippen molar-refractivity contribution < 1.29 is 13.5 Å². The van der Waals surface area contributed by atoms with Crippen LogP contribution in [0.25, 0.3) is 0 Å². The summed E-state index contributed by atoms with van der Waals surface area (Å²) in [5.41, 5.74) is 0.652. The van der Waals surface area contributed by atoms with E-state index in [-0.39, 0.29) is 12.7 Å². The van der Waals surface area contributed by atoms with Gasteiger partial charge >= 0.3 is 0 Å². The number of benzene rings is 1. The average Bonchev–Trinajstić information content (AvgIpc) is 2.37. The van der Waals surface area contributed by atoms with Crippen molar-refractivity contribution in [3.05, 3.63) is 34.9 Å². The van der Waals surface area contributed by atoms with Gasteiger partial charge in [-0.3, -0.25) is 0 Å². The average molecular weight is 254 g/mol. The number of aryl methyl sites for hydroxylation is 1. The van der Waals surface area contributed by atoms with E-state index in [0.29, 0.717) is 11.1 Å². The Labute approximate surface area is 107 Å². The maximum absolute atomic E-state index is 13.6. The Morgan fingerprint density at radius 2 is 1.78 bits per heavy atom. The normalized spacial score (nSPS) is 24.2. The fourth-order valence-corrected chi connectivity index (χ4v) is 2.40. The molecule has 0 unspecified atom stereocenters. The zero-order chi connectivity index (χ0) is 13.1. The van der Waals surface area contributed by atoms with Crippen molar-refractivity contribution in [1.82, 2.24) is 0 Å². The lowest BCUT2D eigenvalue weighted by Crippen LogP contribution is -2.20. The molecule has 1 saturated carbocycles. The number of hydrogen-bond acceptors (Lipinski definition) is 1. The van der Waals surface area contributed by atoms with Crippen molar-refractivity contribution in [3.8, 4) is 0 Å². The van der Waals surface area contributed by atoms with Gasteiger partial charge in [-0.25, -0.2) is 8.78 Å². The number of ether oxygens (including phenoxy) is 1. The standard InChI is InChI=1S/C15H20F2O/c1-10-3-7-13(8-4-10)18-9-12-6-5-11(2)14(16)15(12)17/h5-6,10,13H,3-4,7-9H2,1-2H3. The molecule has 2 rings (SSSR count). The van der Waals surface area contributed by atoms with Crippen LogP contribution < -0.4 is 0 Å². The second-order valence-electron chi connectivity index (χ2n) is 5.36. The van der Waals surface area contributed by atoms with Crippen LogP contribution in [0.4, 0.5) is 8.78 Å². The van der Waals surface area contributed by atoms with Crippen molar-refractivity contribution >= 4 is 0 Å². The minimum absolute atomic E-state index is 0.169. The Bertz CT molecular complexity index is 409. The first-order chi connectivity index (χ1) is 8.58. The van der Waals surface area contributed by atoms with Gasteiger partial charge in [-0.15, -0.1) is 0 Å². The Balaban J connectivity index is 1.92. The van der Waals surface area contributed by atoms with Crippen LogP contribution in [-0.2, 0) is 11.3 Å². The first kappa shape index (κ1) is 13.5. The number of hydrogen-bond donors (Lipinski definition) is 0. The van der Waals surface area contributed by atoms with Crippen LogP contribution in [-0.4, -0.2) is 6.10 Å². The van der Waals surface area contributed by atoms with Crippen molar-refractivity contribution in [1.29, 1.82) is 0 Å². The van der Waals surface area contributed by atoms with Gasteiger partial charge in [-0.2, -0.15) is 0 Å². The Kier molecular flexibility index (Phi) is 4.33. The summed E-state index contributed by atoms with van der Waals surface area (Å²) in [6, 6.07) is 3.21. The SMILES string of the molecule is Cc1ccc(COC2CCC(C)CC2)c(F)c1F. The molecule has 100 valence electrons. The van der Waals surface area contributed by atoms with Gasteiger partial charge in [0.1, 0.15) is 0 Å². The third kappa shape index (κ3) is 3.08. The van der Waals surface area contributed by atoms with Gasteiger partial charge in [-0.05, 0) is 44.1 Å². The largest absolute Gasteiger partial charge is 0.373 e. The molecule has 18 heavy (non-hydrogen) atoms. The highest BCUT2D eigenvalue weighted by Gasteiger charge is 2.19. The third-order valence-electron chi connectivity index (χ3n) is 3.79. The van der Waals surface area contributed by atoms with Gasteiger partial charge in [0, 0.05) is 5.56 Å². The fourth-order valence-electron chi connectivity index (χ4n) is 2.40. The summed E-state index contributed by atoms with van der Waals surface area (Å²) in [5, 5.41) is 0. The van der Waals surface area contributed by atoms with Gasteiger partial charge in [0.15, 0.2) is 11.6 Å². The summed E-state index contributed by atoms with van der Waals surface area (Å²) in [6.07, 6.45) is 4.57. The van der Waals surface area contributed by atoms with E-state index >= 15 is 0 Å². The van der Waals surface area contributed by atoms with Gasteiger partial charge in [0.05, 0.1) is 12.7 Å². The molecule has 0 aromatic heterocycles. The second kappa shape index (κ2) is 5.79. The van der Waals surface area contributed by atoms with E-state index in [2.05, 4.69) is 6.92 Å². The van der Waals surface area contributed by atoms with Crippen LogP contribution in [0, 0.1) is 24.5 Å². The van der Waals surface area contributed by atoms with Crippen LogP contribution in [0.2, 0.25) is 0 Å². The molecule has 0 spiro atoms. The molecule has 0 radical (unpaired) electrons. The third-order valence-corrected chi connectivity index (χ3v) is 3.79. The van der Waals surface area contributed by atoms with E-state index in [1.165, 1.54) is 0 Å². The second-order valence-corrected chi connectivity index (χ2v) is 5.36. The van der Waals surface area contributed by atoms with Crippen molar-refractivity contribution in [3.63, 3.8) is 0 Å².